The van der Waals surface area contributed by atoms with E-state index in [0.717, 1.165) is 29.7 Å². The summed E-state index contributed by atoms with van der Waals surface area (Å²) < 4.78 is 0. The van der Waals surface area contributed by atoms with Gasteiger partial charge in [0.2, 0.25) is 11.8 Å². The summed E-state index contributed by atoms with van der Waals surface area (Å²) in [6.45, 7) is 4.44. The van der Waals surface area contributed by atoms with Crippen LogP contribution < -0.4 is 5.32 Å². The molecule has 1 aromatic rings. The Balaban J connectivity index is 1.83. The zero-order valence-electron chi connectivity index (χ0n) is 16.0. The highest BCUT2D eigenvalue weighted by atomic mass is 16.2. The minimum atomic E-state index is -0.0898. The lowest BCUT2D eigenvalue weighted by Gasteiger charge is -2.32. The molecule has 0 atom stereocenters. The fourth-order valence-electron chi connectivity index (χ4n) is 3.51. The van der Waals surface area contributed by atoms with E-state index < -0.39 is 0 Å². The molecule has 2 rings (SSSR count). The number of aryl methyl sites for hydroxylation is 2. The molecule has 0 bridgehead atoms. The zero-order valence-corrected chi connectivity index (χ0v) is 16.0. The van der Waals surface area contributed by atoms with Gasteiger partial charge in [0, 0.05) is 18.8 Å². The maximum absolute atomic E-state index is 12.5. The van der Waals surface area contributed by atoms with Gasteiger partial charge in [0.05, 0.1) is 13.1 Å². The van der Waals surface area contributed by atoms with Crippen molar-refractivity contribution in [1.29, 1.82) is 0 Å². The van der Waals surface area contributed by atoms with Crippen LogP contribution in [0.1, 0.15) is 43.2 Å². The van der Waals surface area contributed by atoms with Crippen molar-refractivity contribution in [2.24, 2.45) is 0 Å². The Morgan fingerprint density at radius 1 is 1.04 bits per heavy atom. The number of nitrogens with zero attached hydrogens (tertiary/aromatic N) is 2. The summed E-state index contributed by atoms with van der Waals surface area (Å²) in [4.78, 5) is 28.4. The minimum Gasteiger partial charge on any atom is -0.342 e. The van der Waals surface area contributed by atoms with Crippen LogP contribution >= 0.6 is 0 Å². The van der Waals surface area contributed by atoms with Gasteiger partial charge in [0.1, 0.15) is 0 Å². The fraction of sp³-hybridized carbons (Fsp3) is 0.600. The second-order valence-corrected chi connectivity index (χ2v) is 7.28. The highest BCUT2D eigenvalue weighted by Gasteiger charge is 2.23. The first-order chi connectivity index (χ1) is 11.9. The van der Waals surface area contributed by atoms with Crippen LogP contribution in [0, 0.1) is 13.8 Å². The van der Waals surface area contributed by atoms with E-state index in [1.54, 1.807) is 4.90 Å². The zero-order chi connectivity index (χ0) is 18.4. The van der Waals surface area contributed by atoms with E-state index in [2.05, 4.69) is 5.32 Å². The van der Waals surface area contributed by atoms with E-state index in [1.807, 2.05) is 51.0 Å². The van der Waals surface area contributed by atoms with E-state index in [4.69, 9.17) is 0 Å². The van der Waals surface area contributed by atoms with E-state index in [1.165, 1.54) is 19.3 Å². The molecule has 1 aliphatic rings. The number of anilines is 1. The molecule has 5 nitrogen and oxygen atoms in total. The number of amides is 2. The van der Waals surface area contributed by atoms with Gasteiger partial charge < -0.3 is 10.2 Å². The molecular formula is C20H31N3O2. The summed E-state index contributed by atoms with van der Waals surface area (Å²) in [6, 6.07) is 6.30. The Morgan fingerprint density at radius 2 is 1.64 bits per heavy atom. The second-order valence-electron chi connectivity index (χ2n) is 7.28. The van der Waals surface area contributed by atoms with Gasteiger partial charge in [-0.2, -0.15) is 0 Å². The molecule has 1 saturated carbocycles. The predicted molar refractivity (Wildman–Crippen MR) is 102 cm³/mol. The highest BCUT2D eigenvalue weighted by Crippen LogP contribution is 2.22. The molecular weight excluding hydrogens is 314 g/mol. The van der Waals surface area contributed by atoms with Gasteiger partial charge in [-0.05, 0) is 44.9 Å². The van der Waals surface area contributed by atoms with Crippen molar-refractivity contribution in [1.82, 2.24) is 9.80 Å². The number of hydrogen-bond acceptors (Lipinski definition) is 3. The standard InChI is InChI=1S/C20H31N3O2/c1-15-9-8-10-16(2)20(15)21-18(24)13-22(3)14-19(25)23(4)17-11-6-5-7-12-17/h8-10,17H,5-7,11-14H2,1-4H3,(H,21,24). The molecule has 138 valence electrons. The third-order valence-electron chi connectivity index (χ3n) is 5.08. The van der Waals surface area contributed by atoms with Gasteiger partial charge in [-0.1, -0.05) is 37.5 Å². The third kappa shape index (κ3) is 5.56. The first kappa shape index (κ1) is 19.4. The van der Waals surface area contributed by atoms with Crippen molar-refractivity contribution in [2.45, 2.75) is 52.0 Å². The van der Waals surface area contributed by atoms with E-state index in [9.17, 15) is 9.59 Å². The molecule has 2 amide bonds. The van der Waals surface area contributed by atoms with Crippen molar-refractivity contribution >= 4 is 17.5 Å². The highest BCUT2D eigenvalue weighted by molar-refractivity contribution is 5.94. The van der Waals surface area contributed by atoms with Crippen LogP contribution in [-0.2, 0) is 9.59 Å². The topological polar surface area (TPSA) is 52.7 Å². The molecule has 5 heteroatoms. The Bertz CT molecular complexity index is 589. The van der Waals surface area contributed by atoms with Crippen molar-refractivity contribution in [3.05, 3.63) is 29.3 Å². The lowest BCUT2D eigenvalue weighted by Crippen LogP contribution is -2.44. The number of nitrogens with one attached hydrogen (secondary N) is 1. The maximum Gasteiger partial charge on any atom is 0.238 e. The molecule has 1 aromatic carbocycles. The van der Waals surface area contributed by atoms with E-state index in [-0.39, 0.29) is 24.9 Å². The first-order valence-electron chi connectivity index (χ1n) is 9.18. The maximum atomic E-state index is 12.5. The van der Waals surface area contributed by atoms with Gasteiger partial charge >= 0.3 is 0 Å². The van der Waals surface area contributed by atoms with Crippen LogP contribution in [-0.4, -0.2) is 54.8 Å². The summed E-state index contributed by atoms with van der Waals surface area (Å²) in [5.41, 5.74) is 2.96. The largest absolute Gasteiger partial charge is 0.342 e. The van der Waals surface area contributed by atoms with Crippen molar-refractivity contribution in [3.63, 3.8) is 0 Å². The number of carbonyl (C=O) groups is 2. The van der Waals surface area contributed by atoms with Gasteiger partial charge in [-0.25, -0.2) is 0 Å². The van der Waals surface area contributed by atoms with Crippen LogP contribution in [0.25, 0.3) is 0 Å². The normalized spacial score (nSPS) is 15.2. The van der Waals surface area contributed by atoms with E-state index in [0.29, 0.717) is 6.04 Å². The van der Waals surface area contributed by atoms with Crippen LogP contribution in [0.2, 0.25) is 0 Å². The Kier molecular flexibility index (Phi) is 7.00. The summed E-state index contributed by atoms with van der Waals surface area (Å²) in [7, 11) is 3.71. The summed E-state index contributed by atoms with van der Waals surface area (Å²) >= 11 is 0. The Hall–Kier alpha value is -1.88. The fourth-order valence-corrected chi connectivity index (χ4v) is 3.51. The lowest BCUT2D eigenvalue weighted by atomic mass is 9.94. The van der Waals surface area contributed by atoms with Crippen molar-refractivity contribution in [3.8, 4) is 0 Å². The molecule has 0 unspecified atom stereocenters. The Morgan fingerprint density at radius 3 is 2.24 bits per heavy atom. The number of likely N-dealkylation sites (N-methyl/N-ethyl adjacent to an activating group) is 2. The van der Waals surface area contributed by atoms with Gasteiger partial charge in [-0.15, -0.1) is 0 Å². The lowest BCUT2D eigenvalue weighted by molar-refractivity contribution is -0.133. The molecule has 0 aromatic heterocycles. The molecule has 1 fully saturated rings. The van der Waals surface area contributed by atoms with Gasteiger partial charge in [0.25, 0.3) is 0 Å². The molecule has 0 heterocycles. The Labute approximate surface area is 151 Å². The number of rotatable bonds is 6. The van der Waals surface area contributed by atoms with Crippen LogP contribution in [0.5, 0.6) is 0 Å². The van der Waals surface area contributed by atoms with Gasteiger partial charge in [0.15, 0.2) is 0 Å². The monoisotopic (exact) mass is 345 g/mol. The van der Waals surface area contributed by atoms with Crippen LogP contribution in [0.15, 0.2) is 18.2 Å². The van der Waals surface area contributed by atoms with E-state index >= 15 is 0 Å². The van der Waals surface area contributed by atoms with Crippen molar-refractivity contribution in [2.75, 3.05) is 32.5 Å². The molecule has 1 aliphatic carbocycles. The molecule has 25 heavy (non-hydrogen) atoms. The third-order valence-corrected chi connectivity index (χ3v) is 5.08. The van der Waals surface area contributed by atoms with Gasteiger partial charge in [-0.3, -0.25) is 14.5 Å². The summed E-state index contributed by atoms with van der Waals surface area (Å²) in [5, 5.41) is 2.97. The average molecular weight is 345 g/mol. The van der Waals surface area contributed by atoms with Crippen LogP contribution in [0.3, 0.4) is 0 Å². The van der Waals surface area contributed by atoms with Crippen molar-refractivity contribution < 1.29 is 9.59 Å². The molecule has 0 saturated heterocycles. The number of para-hydroxylation sites is 1. The number of benzene rings is 1. The quantitative estimate of drug-likeness (QED) is 0.862. The summed E-state index contributed by atoms with van der Waals surface area (Å²) in [6.07, 6.45) is 5.88. The minimum absolute atomic E-state index is 0.0898. The molecule has 0 aliphatic heterocycles. The smallest absolute Gasteiger partial charge is 0.238 e. The predicted octanol–water partition coefficient (Wildman–Crippen LogP) is 2.96. The molecule has 1 N–H and O–H groups in total. The summed E-state index contributed by atoms with van der Waals surface area (Å²) in [5.74, 6) is 0.00212. The average Bonchev–Trinajstić information content (AvgIpc) is 2.58. The van der Waals surface area contributed by atoms with Crippen LogP contribution in [0.4, 0.5) is 5.69 Å². The number of carbonyl (C=O) groups excluding carboxylic acids is 2. The first-order valence-corrected chi connectivity index (χ1v) is 9.18. The molecule has 0 spiro atoms. The number of hydrogen-bond donors (Lipinski definition) is 1. The molecule has 0 radical (unpaired) electrons. The second kappa shape index (κ2) is 8.99. The SMILES string of the molecule is Cc1cccc(C)c1NC(=O)CN(C)CC(=O)N(C)C1CCCCC1.